The first kappa shape index (κ1) is 25.9. The van der Waals surface area contributed by atoms with Gasteiger partial charge in [-0.15, -0.1) is 0 Å². The predicted octanol–water partition coefficient (Wildman–Crippen LogP) is 9.45. The van der Waals surface area contributed by atoms with Crippen molar-refractivity contribution < 1.29 is 0 Å². The first-order chi connectivity index (χ1) is 20.8. The van der Waals surface area contributed by atoms with Gasteiger partial charge in [-0.3, -0.25) is 19.3 Å². The largest absolute Gasteiger partial charge is 0.305 e. The molecule has 3 aromatic carbocycles. The molecule has 0 aliphatic carbocycles. The number of hydrogen-bond acceptors (Lipinski definition) is 3. The summed E-state index contributed by atoms with van der Waals surface area (Å²) in [6.45, 7) is 13.4. The highest BCUT2D eigenvalue weighted by Crippen LogP contribution is 2.44. The number of nitrogens with zero attached hydrogens (tertiary/aromatic N) is 4. The average Bonchev–Trinajstić information content (AvgIpc) is 3.52. The molecule has 5 nitrogen and oxygen atoms in total. The Morgan fingerprint density at radius 1 is 0.605 bits per heavy atom. The quantitative estimate of drug-likeness (QED) is 0.201. The van der Waals surface area contributed by atoms with Crippen molar-refractivity contribution in [2.45, 2.75) is 59.3 Å². The lowest BCUT2D eigenvalue weighted by Gasteiger charge is -2.25. The maximum absolute atomic E-state index is 15.3. The summed E-state index contributed by atoms with van der Waals surface area (Å²) in [5.41, 5.74) is 8.80. The summed E-state index contributed by atoms with van der Waals surface area (Å²) in [6.07, 6.45) is 7.50. The van der Waals surface area contributed by atoms with Crippen LogP contribution in [0.2, 0.25) is 0 Å². The highest BCUT2D eigenvalue weighted by Gasteiger charge is 2.26. The molecule has 8 aromatic rings. The Morgan fingerprint density at radius 3 is 1.86 bits per heavy atom. The molecule has 0 bridgehead atoms. The second-order valence-electron chi connectivity index (χ2n) is 12.9. The maximum Gasteiger partial charge on any atom is 0.264 e. The van der Waals surface area contributed by atoms with E-state index in [1.165, 1.54) is 16.7 Å². The third kappa shape index (κ3) is 3.42. The number of pyridine rings is 3. The van der Waals surface area contributed by atoms with Crippen LogP contribution in [0.1, 0.15) is 76.0 Å². The van der Waals surface area contributed by atoms with Gasteiger partial charge >= 0.3 is 0 Å². The Morgan fingerprint density at radius 2 is 1.21 bits per heavy atom. The Bertz CT molecular complexity index is 2430. The highest BCUT2D eigenvalue weighted by molar-refractivity contribution is 6.33. The predicted molar refractivity (Wildman–Crippen MR) is 180 cm³/mol. The van der Waals surface area contributed by atoms with E-state index in [1.807, 2.05) is 41.5 Å². The monoisotopic (exact) mass is 562 g/mol. The zero-order valence-electron chi connectivity index (χ0n) is 25.4. The van der Waals surface area contributed by atoms with Gasteiger partial charge in [0.05, 0.1) is 45.5 Å². The van der Waals surface area contributed by atoms with E-state index in [0.717, 1.165) is 65.5 Å². The summed E-state index contributed by atoms with van der Waals surface area (Å²) >= 11 is 0. The molecule has 5 heterocycles. The zero-order chi connectivity index (χ0) is 29.7. The molecule has 0 aliphatic rings. The van der Waals surface area contributed by atoms with E-state index < -0.39 is 0 Å². The normalized spacial score (nSPS) is 12.7. The van der Waals surface area contributed by atoms with E-state index >= 15 is 4.79 Å². The van der Waals surface area contributed by atoms with Crippen LogP contribution < -0.4 is 5.56 Å². The topological polar surface area (TPSA) is 52.2 Å². The molecular weight excluding hydrogens is 528 g/mol. The summed E-state index contributed by atoms with van der Waals surface area (Å²) in [5.74, 6) is 0.878. The number of benzene rings is 3. The lowest BCUT2D eigenvalue weighted by atomic mass is 9.87. The minimum absolute atomic E-state index is 0.0197. The van der Waals surface area contributed by atoms with E-state index in [2.05, 4.69) is 98.4 Å². The molecule has 0 amide bonds. The molecule has 0 fully saturated rings. The van der Waals surface area contributed by atoms with Gasteiger partial charge in [-0.2, -0.15) is 0 Å². The van der Waals surface area contributed by atoms with Gasteiger partial charge in [0.2, 0.25) is 0 Å². The Hall–Kier alpha value is -4.77. The van der Waals surface area contributed by atoms with Crippen LogP contribution in [0.3, 0.4) is 0 Å². The second kappa shape index (κ2) is 9.11. The van der Waals surface area contributed by atoms with Gasteiger partial charge in [0.15, 0.2) is 0 Å². The molecule has 43 heavy (non-hydrogen) atoms. The smallest absolute Gasteiger partial charge is 0.264 e. The minimum Gasteiger partial charge on any atom is -0.305 e. The highest BCUT2D eigenvalue weighted by atomic mass is 16.1. The zero-order valence-corrected chi connectivity index (χ0v) is 25.4. The van der Waals surface area contributed by atoms with Crippen LogP contribution in [0.25, 0.3) is 65.5 Å². The Kier molecular flexibility index (Phi) is 5.49. The molecule has 0 N–H and O–H groups in total. The van der Waals surface area contributed by atoms with Crippen molar-refractivity contribution in [2.24, 2.45) is 0 Å². The summed E-state index contributed by atoms with van der Waals surface area (Å²) in [5, 5.41) is 7.09. The van der Waals surface area contributed by atoms with Crippen molar-refractivity contribution in [2.75, 3.05) is 0 Å². The molecule has 212 valence electrons. The van der Waals surface area contributed by atoms with E-state index in [4.69, 9.17) is 0 Å². The van der Waals surface area contributed by atoms with Crippen LogP contribution in [0.15, 0.2) is 84.2 Å². The van der Waals surface area contributed by atoms with Gasteiger partial charge in [0, 0.05) is 39.3 Å². The van der Waals surface area contributed by atoms with Gasteiger partial charge in [0.25, 0.3) is 5.56 Å². The number of aromatic nitrogens is 4. The molecule has 0 aliphatic heterocycles. The third-order valence-corrected chi connectivity index (χ3v) is 9.34. The average molecular weight is 563 g/mol. The van der Waals surface area contributed by atoms with Crippen LogP contribution in [0.5, 0.6) is 0 Å². The van der Waals surface area contributed by atoms with Crippen LogP contribution >= 0.6 is 0 Å². The second-order valence-corrected chi connectivity index (χ2v) is 12.9. The molecule has 0 unspecified atom stereocenters. The fraction of sp³-hybridized carbons (Fsp3) is 0.237. The maximum atomic E-state index is 15.3. The van der Waals surface area contributed by atoms with Crippen LogP contribution in [-0.4, -0.2) is 18.9 Å². The number of hydrogen-bond donors (Lipinski definition) is 0. The van der Waals surface area contributed by atoms with Crippen molar-refractivity contribution in [3.05, 3.63) is 106 Å². The van der Waals surface area contributed by atoms with E-state index in [1.54, 1.807) is 0 Å². The SMILES string of the molecule is CC(C)c1cc(C(C)C)c(-n2c(=O)c3c(cc4c5ccncc5n5c6cnccc6c3c45)c3ccccc32)c(C(C)C)c1. The minimum atomic E-state index is 0.0197. The van der Waals surface area contributed by atoms with Crippen molar-refractivity contribution in [1.29, 1.82) is 0 Å². The lowest BCUT2D eigenvalue weighted by Crippen LogP contribution is -2.23. The van der Waals surface area contributed by atoms with Crippen LogP contribution in [0, 0.1) is 0 Å². The number of fused-ring (bicyclic) bond motifs is 10. The molecular formula is C38H34N4O. The number of rotatable bonds is 4. The van der Waals surface area contributed by atoms with Crippen LogP contribution in [-0.2, 0) is 0 Å². The van der Waals surface area contributed by atoms with Gasteiger partial charge in [0.1, 0.15) is 0 Å². The molecule has 8 rings (SSSR count). The van der Waals surface area contributed by atoms with E-state index in [9.17, 15) is 0 Å². The lowest BCUT2D eigenvalue weighted by molar-refractivity contribution is 0.784. The Labute approximate surface area is 249 Å². The Balaban J connectivity index is 1.68. The summed E-state index contributed by atoms with van der Waals surface area (Å²) in [4.78, 5) is 24.3. The van der Waals surface area contributed by atoms with E-state index in [-0.39, 0.29) is 17.4 Å². The molecule has 5 aromatic heterocycles. The third-order valence-electron chi connectivity index (χ3n) is 9.34. The summed E-state index contributed by atoms with van der Waals surface area (Å²) in [7, 11) is 0. The van der Waals surface area contributed by atoms with Crippen molar-refractivity contribution in [1.82, 2.24) is 18.9 Å². The fourth-order valence-corrected chi connectivity index (χ4v) is 7.26. The molecule has 0 saturated heterocycles. The standard InChI is InChI=1S/C38H34N4O/c1-20(2)23-15-27(21(3)4)36(28(16-23)22(5)6)42-31-10-8-7-9-24(31)29-17-30-25-11-13-39-18-32(25)41-33-19-40-14-12-26(33)34(37(30)41)35(29)38(42)43/h7-22H,1-6H3. The molecule has 0 saturated carbocycles. The molecule has 0 spiro atoms. The van der Waals surface area contributed by atoms with Gasteiger partial charge in [-0.05, 0) is 64.1 Å². The molecule has 5 heteroatoms. The summed E-state index contributed by atoms with van der Waals surface area (Å²) < 4.78 is 4.27. The summed E-state index contributed by atoms with van der Waals surface area (Å²) in [6, 6.07) is 19.4. The van der Waals surface area contributed by atoms with Crippen molar-refractivity contribution in [3.8, 4) is 5.69 Å². The first-order valence-corrected chi connectivity index (χ1v) is 15.3. The van der Waals surface area contributed by atoms with Gasteiger partial charge in [-0.25, -0.2) is 0 Å². The van der Waals surface area contributed by atoms with Gasteiger partial charge < -0.3 is 4.40 Å². The molecule has 0 atom stereocenters. The van der Waals surface area contributed by atoms with Crippen molar-refractivity contribution in [3.63, 3.8) is 0 Å². The van der Waals surface area contributed by atoms with Crippen molar-refractivity contribution >= 4 is 59.8 Å². The van der Waals surface area contributed by atoms with E-state index in [0.29, 0.717) is 5.92 Å². The molecule has 0 radical (unpaired) electrons. The fourth-order valence-electron chi connectivity index (χ4n) is 7.26. The number of para-hydroxylation sites is 1. The van der Waals surface area contributed by atoms with Gasteiger partial charge in [-0.1, -0.05) is 71.9 Å². The van der Waals surface area contributed by atoms with Crippen LogP contribution in [0.4, 0.5) is 0 Å². The first-order valence-electron chi connectivity index (χ1n) is 15.3.